The van der Waals surface area contributed by atoms with Gasteiger partial charge >= 0.3 is 11.7 Å². The van der Waals surface area contributed by atoms with Crippen molar-refractivity contribution in [1.82, 2.24) is 0 Å². The summed E-state index contributed by atoms with van der Waals surface area (Å²) in [6, 6.07) is 2.36. The molecule has 0 saturated heterocycles. The summed E-state index contributed by atoms with van der Waals surface area (Å²) in [5.74, 6) is -1.65. The van der Waals surface area contributed by atoms with Crippen molar-refractivity contribution in [2.75, 3.05) is 6.61 Å². The first-order valence-electron chi connectivity index (χ1n) is 4.74. The predicted molar refractivity (Wildman–Crippen MR) is 61.1 cm³/mol. The normalized spacial score (nSPS) is 10.1. The van der Waals surface area contributed by atoms with Gasteiger partial charge in [-0.25, -0.2) is 0 Å². The molecule has 92 valence electrons. The third kappa shape index (κ3) is 3.23. The molecule has 1 aromatic carbocycles. The quantitative estimate of drug-likeness (QED) is 0.487. The summed E-state index contributed by atoms with van der Waals surface area (Å²) in [6.07, 6.45) is -0.345. The zero-order chi connectivity index (χ0) is 13.0. The summed E-state index contributed by atoms with van der Waals surface area (Å²) in [5, 5.41) is 10.5. The van der Waals surface area contributed by atoms with Crippen molar-refractivity contribution in [1.29, 1.82) is 0 Å². The molecular weight excluding hydrogens is 297 g/mol. The summed E-state index contributed by atoms with van der Waals surface area (Å²) < 4.78 is 18.7. The molecule has 1 rings (SSSR count). The summed E-state index contributed by atoms with van der Waals surface area (Å²) >= 11 is 3.04. The topological polar surface area (TPSA) is 69.4 Å². The minimum Gasteiger partial charge on any atom is -0.466 e. The number of nitro benzene ring substituents is 1. The third-order valence-corrected chi connectivity index (χ3v) is 2.73. The molecule has 0 unspecified atom stereocenters. The molecule has 17 heavy (non-hydrogen) atoms. The van der Waals surface area contributed by atoms with Crippen LogP contribution in [0.4, 0.5) is 10.1 Å². The second-order valence-electron chi connectivity index (χ2n) is 3.10. The fraction of sp³-hybridized carbons (Fsp3) is 0.300. The fourth-order valence-electron chi connectivity index (χ4n) is 1.24. The van der Waals surface area contributed by atoms with Crippen LogP contribution in [0.25, 0.3) is 0 Å². The van der Waals surface area contributed by atoms with Gasteiger partial charge in [0.1, 0.15) is 0 Å². The Morgan fingerprint density at radius 1 is 1.59 bits per heavy atom. The van der Waals surface area contributed by atoms with Crippen LogP contribution in [-0.4, -0.2) is 17.5 Å². The number of benzene rings is 1. The van der Waals surface area contributed by atoms with Crippen molar-refractivity contribution in [3.05, 3.63) is 38.1 Å². The molecule has 0 spiro atoms. The number of carbonyl (C=O) groups is 1. The van der Waals surface area contributed by atoms with Crippen LogP contribution in [0.3, 0.4) is 0 Å². The maximum atomic E-state index is 13.7. The number of carbonyl (C=O) groups excluding carboxylic acids is 1. The van der Waals surface area contributed by atoms with Crippen LogP contribution in [0.5, 0.6) is 0 Å². The second kappa shape index (κ2) is 5.72. The van der Waals surface area contributed by atoms with Crippen LogP contribution in [0.15, 0.2) is 16.6 Å². The Balaban J connectivity index is 3.09. The van der Waals surface area contributed by atoms with Crippen LogP contribution < -0.4 is 0 Å². The van der Waals surface area contributed by atoms with Gasteiger partial charge in [0.05, 0.1) is 18.0 Å². The molecule has 0 fully saturated rings. The molecule has 0 aliphatic rings. The van der Waals surface area contributed by atoms with E-state index in [2.05, 4.69) is 20.7 Å². The highest BCUT2D eigenvalue weighted by Crippen LogP contribution is 2.27. The number of esters is 1. The van der Waals surface area contributed by atoms with Crippen LogP contribution in [0.1, 0.15) is 12.5 Å². The summed E-state index contributed by atoms with van der Waals surface area (Å²) in [5.41, 5.74) is -0.731. The summed E-state index contributed by atoms with van der Waals surface area (Å²) in [4.78, 5) is 20.9. The van der Waals surface area contributed by atoms with E-state index in [1.807, 2.05) is 0 Å². The van der Waals surface area contributed by atoms with Crippen molar-refractivity contribution < 1.29 is 18.8 Å². The van der Waals surface area contributed by atoms with Crippen molar-refractivity contribution in [3.63, 3.8) is 0 Å². The molecule has 0 aliphatic heterocycles. The van der Waals surface area contributed by atoms with E-state index in [0.717, 1.165) is 6.07 Å². The lowest BCUT2D eigenvalue weighted by atomic mass is 10.1. The van der Waals surface area contributed by atoms with Crippen LogP contribution >= 0.6 is 15.9 Å². The highest BCUT2D eigenvalue weighted by Gasteiger charge is 2.22. The molecule has 0 saturated carbocycles. The van der Waals surface area contributed by atoms with Gasteiger partial charge in [-0.05, 0) is 13.0 Å². The first-order chi connectivity index (χ1) is 7.97. The molecule has 0 amide bonds. The SMILES string of the molecule is CCOC(=O)Cc1c(Br)ccc([N+](=O)[O-])c1F. The number of ether oxygens (including phenoxy) is 1. The van der Waals surface area contributed by atoms with E-state index in [1.165, 1.54) is 6.07 Å². The first kappa shape index (κ1) is 13.6. The highest BCUT2D eigenvalue weighted by molar-refractivity contribution is 9.10. The summed E-state index contributed by atoms with van der Waals surface area (Å²) in [6.45, 7) is 1.80. The van der Waals surface area contributed by atoms with E-state index in [0.29, 0.717) is 4.47 Å². The van der Waals surface area contributed by atoms with Crippen LogP contribution in [0.2, 0.25) is 0 Å². The van der Waals surface area contributed by atoms with Crippen molar-refractivity contribution in [2.24, 2.45) is 0 Å². The lowest BCUT2D eigenvalue weighted by molar-refractivity contribution is -0.387. The number of nitro groups is 1. The molecule has 0 radical (unpaired) electrons. The molecule has 7 heteroatoms. The zero-order valence-electron chi connectivity index (χ0n) is 8.91. The second-order valence-corrected chi connectivity index (χ2v) is 3.95. The number of hydrogen-bond acceptors (Lipinski definition) is 4. The molecule has 0 N–H and O–H groups in total. The molecule has 0 bridgehead atoms. The maximum Gasteiger partial charge on any atom is 0.310 e. The van der Waals surface area contributed by atoms with Crippen molar-refractivity contribution in [2.45, 2.75) is 13.3 Å². The lowest BCUT2D eigenvalue weighted by Gasteiger charge is -2.06. The maximum absolute atomic E-state index is 13.7. The average Bonchev–Trinajstić information content (AvgIpc) is 2.24. The van der Waals surface area contributed by atoms with E-state index in [-0.39, 0.29) is 18.6 Å². The number of rotatable bonds is 4. The Hall–Kier alpha value is -1.50. The van der Waals surface area contributed by atoms with Gasteiger partial charge in [-0.2, -0.15) is 4.39 Å². The minimum atomic E-state index is -1.02. The van der Waals surface area contributed by atoms with Crippen LogP contribution in [0, 0.1) is 15.9 Å². The average molecular weight is 306 g/mol. The Bertz CT molecular complexity index is 464. The Morgan fingerprint density at radius 3 is 2.76 bits per heavy atom. The minimum absolute atomic E-state index is 0.0716. The van der Waals surface area contributed by atoms with Gasteiger partial charge in [-0.1, -0.05) is 15.9 Å². The number of hydrogen-bond donors (Lipinski definition) is 0. The zero-order valence-corrected chi connectivity index (χ0v) is 10.5. The van der Waals surface area contributed by atoms with Crippen molar-refractivity contribution >= 4 is 27.6 Å². The molecule has 5 nitrogen and oxygen atoms in total. The Kier molecular flexibility index (Phi) is 4.56. The largest absolute Gasteiger partial charge is 0.466 e. The van der Waals surface area contributed by atoms with Gasteiger partial charge in [0.2, 0.25) is 5.82 Å². The third-order valence-electron chi connectivity index (χ3n) is 1.99. The van der Waals surface area contributed by atoms with Gasteiger partial charge in [0.25, 0.3) is 0 Å². The fourth-order valence-corrected chi connectivity index (χ4v) is 1.69. The van der Waals surface area contributed by atoms with E-state index in [4.69, 9.17) is 0 Å². The molecular formula is C10H9BrFNO4. The van der Waals surface area contributed by atoms with E-state index >= 15 is 0 Å². The molecule has 0 heterocycles. The molecule has 0 aliphatic carbocycles. The van der Waals surface area contributed by atoms with Crippen molar-refractivity contribution in [3.8, 4) is 0 Å². The number of halogens is 2. The standard InChI is InChI=1S/C10H9BrFNO4/c1-2-17-9(14)5-6-7(11)3-4-8(10(6)12)13(15)16/h3-4H,2,5H2,1H3. The number of nitrogens with zero attached hydrogens (tertiary/aromatic N) is 1. The first-order valence-corrected chi connectivity index (χ1v) is 5.53. The highest BCUT2D eigenvalue weighted by atomic mass is 79.9. The van der Waals surface area contributed by atoms with Gasteiger partial charge < -0.3 is 4.74 Å². The smallest absolute Gasteiger partial charge is 0.310 e. The molecule has 0 atom stereocenters. The van der Waals surface area contributed by atoms with Gasteiger partial charge in [-0.3, -0.25) is 14.9 Å². The van der Waals surface area contributed by atoms with E-state index in [9.17, 15) is 19.3 Å². The monoisotopic (exact) mass is 305 g/mol. The van der Waals surface area contributed by atoms with Gasteiger partial charge in [0, 0.05) is 16.1 Å². The van der Waals surface area contributed by atoms with Gasteiger partial charge in [-0.15, -0.1) is 0 Å². The van der Waals surface area contributed by atoms with E-state index < -0.39 is 22.4 Å². The Labute approximate surface area is 105 Å². The Morgan fingerprint density at radius 2 is 2.24 bits per heavy atom. The van der Waals surface area contributed by atoms with Crippen LogP contribution in [-0.2, 0) is 16.0 Å². The van der Waals surface area contributed by atoms with Gasteiger partial charge in [0.15, 0.2) is 0 Å². The van der Waals surface area contributed by atoms with E-state index in [1.54, 1.807) is 6.92 Å². The summed E-state index contributed by atoms with van der Waals surface area (Å²) in [7, 11) is 0. The molecule has 0 aromatic heterocycles. The predicted octanol–water partition coefficient (Wildman–Crippen LogP) is 2.60. The molecule has 1 aromatic rings. The lowest BCUT2D eigenvalue weighted by Crippen LogP contribution is -2.10.